The first-order valence-corrected chi connectivity index (χ1v) is 9.80. The van der Waals surface area contributed by atoms with Crippen molar-refractivity contribution in [1.82, 2.24) is 4.90 Å². The van der Waals surface area contributed by atoms with Gasteiger partial charge in [-0.25, -0.2) is 9.18 Å². The fourth-order valence-corrected chi connectivity index (χ4v) is 3.33. The molecule has 0 spiro atoms. The van der Waals surface area contributed by atoms with E-state index in [9.17, 15) is 14.0 Å². The molecule has 2 heterocycles. The van der Waals surface area contributed by atoms with Crippen molar-refractivity contribution in [1.29, 1.82) is 0 Å². The summed E-state index contributed by atoms with van der Waals surface area (Å²) in [6, 6.07) is 3.44. The van der Waals surface area contributed by atoms with Gasteiger partial charge in [-0.15, -0.1) is 0 Å². The number of ether oxygens (including phenoxy) is 3. The SMILES string of the molecule is CC(C)(C)OC(=O)N1CC[C@H]1C(=O)c1ccc(F)cc1CO[C@H]1CCCCO1. The van der Waals surface area contributed by atoms with E-state index in [1.165, 1.54) is 23.1 Å². The number of carbonyl (C=O) groups excluding carboxylic acids is 2. The molecule has 28 heavy (non-hydrogen) atoms. The van der Waals surface area contributed by atoms with E-state index in [0.29, 0.717) is 30.7 Å². The van der Waals surface area contributed by atoms with Crippen molar-refractivity contribution >= 4 is 11.9 Å². The van der Waals surface area contributed by atoms with Crippen LogP contribution in [-0.2, 0) is 20.8 Å². The van der Waals surface area contributed by atoms with Crippen LogP contribution in [0.5, 0.6) is 0 Å². The zero-order chi connectivity index (χ0) is 20.3. The largest absolute Gasteiger partial charge is 0.444 e. The van der Waals surface area contributed by atoms with Gasteiger partial charge < -0.3 is 14.2 Å². The molecule has 2 atom stereocenters. The van der Waals surface area contributed by atoms with Gasteiger partial charge in [-0.3, -0.25) is 9.69 Å². The van der Waals surface area contributed by atoms with Gasteiger partial charge in [0.2, 0.25) is 0 Å². The highest BCUT2D eigenvalue weighted by molar-refractivity contribution is 6.03. The lowest BCUT2D eigenvalue weighted by Crippen LogP contribution is -2.56. The van der Waals surface area contributed by atoms with Crippen LogP contribution in [0.1, 0.15) is 62.4 Å². The van der Waals surface area contributed by atoms with Gasteiger partial charge in [-0.05, 0) is 70.2 Å². The van der Waals surface area contributed by atoms with Gasteiger partial charge in [0, 0.05) is 18.7 Å². The number of Topliss-reactive ketones (excluding diaryl/α,β-unsaturated/α-hetero) is 1. The van der Waals surface area contributed by atoms with Crippen molar-refractivity contribution in [2.75, 3.05) is 13.2 Å². The fourth-order valence-electron chi connectivity index (χ4n) is 3.33. The summed E-state index contributed by atoms with van der Waals surface area (Å²) in [5, 5.41) is 0. The van der Waals surface area contributed by atoms with Crippen LogP contribution in [0.2, 0.25) is 0 Å². The summed E-state index contributed by atoms with van der Waals surface area (Å²) in [5.74, 6) is -0.655. The number of rotatable bonds is 5. The van der Waals surface area contributed by atoms with Crippen LogP contribution in [0.15, 0.2) is 18.2 Å². The Labute approximate surface area is 164 Å². The van der Waals surface area contributed by atoms with Crippen molar-refractivity contribution in [3.63, 3.8) is 0 Å². The Balaban J connectivity index is 1.69. The number of halogens is 1. The monoisotopic (exact) mass is 393 g/mol. The standard InChI is InChI=1S/C21H28FNO5/c1-21(2,3)28-20(25)23-10-9-17(23)19(24)16-8-7-15(22)12-14(16)13-27-18-6-4-5-11-26-18/h7-8,12,17-18H,4-6,9-11,13H2,1-3H3/t17-,18-/m0/s1. The van der Waals surface area contributed by atoms with E-state index in [2.05, 4.69) is 0 Å². The number of hydrogen-bond acceptors (Lipinski definition) is 5. The zero-order valence-corrected chi connectivity index (χ0v) is 16.7. The van der Waals surface area contributed by atoms with Crippen molar-refractivity contribution in [2.24, 2.45) is 0 Å². The van der Waals surface area contributed by atoms with Gasteiger partial charge in [-0.2, -0.15) is 0 Å². The van der Waals surface area contributed by atoms with Crippen molar-refractivity contribution < 1.29 is 28.2 Å². The summed E-state index contributed by atoms with van der Waals surface area (Å²) >= 11 is 0. The predicted octanol–water partition coefficient (Wildman–Crippen LogP) is 4.06. The van der Waals surface area contributed by atoms with Gasteiger partial charge in [0.25, 0.3) is 0 Å². The summed E-state index contributed by atoms with van der Waals surface area (Å²) in [6.07, 6.45) is 2.53. The molecule has 2 fully saturated rings. The molecule has 2 aliphatic heterocycles. The number of likely N-dealkylation sites (tertiary alicyclic amines) is 1. The van der Waals surface area contributed by atoms with E-state index in [1.807, 2.05) is 0 Å². The maximum absolute atomic E-state index is 13.8. The van der Waals surface area contributed by atoms with E-state index in [-0.39, 0.29) is 18.7 Å². The minimum Gasteiger partial charge on any atom is -0.444 e. The average Bonchev–Trinajstić information content (AvgIpc) is 2.58. The Morgan fingerprint density at radius 1 is 1.25 bits per heavy atom. The lowest BCUT2D eigenvalue weighted by molar-refractivity contribution is -0.169. The molecule has 1 aromatic rings. The highest BCUT2D eigenvalue weighted by Crippen LogP contribution is 2.27. The minimum atomic E-state index is -0.630. The third-order valence-corrected chi connectivity index (χ3v) is 4.85. The van der Waals surface area contributed by atoms with E-state index >= 15 is 0 Å². The number of nitrogens with zero attached hydrogens (tertiary/aromatic N) is 1. The third kappa shape index (κ3) is 5.08. The second-order valence-corrected chi connectivity index (χ2v) is 8.25. The van der Waals surface area contributed by atoms with E-state index < -0.39 is 23.6 Å². The Morgan fingerprint density at radius 2 is 2.04 bits per heavy atom. The number of benzene rings is 1. The zero-order valence-electron chi connectivity index (χ0n) is 16.7. The first-order valence-electron chi connectivity index (χ1n) is 9.80. The van der Waals surface area contributed by atoms with Crippen LogP contribution in [0.4, 0.5) is 9.18 Å². The number of carbonyl (C=O) groups is 2. The smallest absolute Gasteiger partial charge is 0.410 e. The number of hydrogen-bond donors (Lipinski definition) is 0. The molecular weight excluding hydrogens is 365 g/mol. The quantitative estimate of drug-likeness (QED) is 0.706. The number of ketones is 1. The highest BCUT2D eigenvalue weighted by atomic mass is 19.1. The lowest BCUT2D eigenvalue weighted by atomic mass is 9.91. The first-order chi connectivity index (χ1) is 13.2. The average molecular weight is 393 g/mol. The molecule has 6 nitrogen and oxygen atoms in total. The van der Waals surface area contributed by atoms with Gasteiger partial charge in [0.1, 0.15) is 17.5 Å². The molecule has 3 rings (SSSR count). The Morgan fingerprint density at radius 3 is 2.64 bits per heavy atom. The van der Waals surface area contributed by atoms with E-state index in [4.69, 9.17) is 14.2 Å². The Bertz CT molecular complexity index is 724. The normalized spacial score (nSPS) is 22.5. The van der Waals surface area contributed by atoms with E-state index in [0.717, 1.165) is 19.3 Å². The Kier molecular flexibility index (Phi) is 6.35. The van der Waals surface area contributed by atoms with Crippen molar-refractivity contribution in [2.45, 2.75) is 71.0 Å². The van der Waals surface area contributed by atoms with Crippen LogP contribution in [-0.4, -0.2) is 47.9 Å². The Hall–Kier alpha value is -1.99. The van der Waals surface area contributed by atoms with Crippen molar-refractivity contribution in [3.8, 4) is 0 Å². The summed E-state index contributed by atoms with van der Waals surface area (Å²) in [5.41, 5.74) is 0.209. The van der Waals surface area contributed by atoms with Crippen LogP contribution >= 0.6 is 0 Å². The molecule has 0 radical (unpaired) electrons. The summed E-state index contributed by atoms with van der Waals surface area (Å²) in [7, 11) is 0. The highest BCUT2D eigenvalue weighted by Gasteiger charge is 2.40. The van der Waals surface area contributed by atoms with Crippen molar-refractivity contribution in [3.05, 3.63) is 35.1 Å². The fraction of sp³-hybridized carbons (Fsp3) is 0.619. The molecule has 0 N–H and O–H groups in total. The molecule has 0 saturated carbocycles. The lowest BCUT2D eigenvalue weighted by Gasteiger charge is -2.40. The molecule has 2 aliphatic rings. The van der Waals surface area contributed by atoms with Gasteiger partial charge >= 0.3 is 6.09 Å². The maximum Gasteiger partial charge on any atom is 0.410 e. The summed E-state index contributed by atoms with van der Waals surface area (Å²) < 4.78 is 30.4. The summed E-state index contributed by atoms with van der Waals surface area (Å²) in [6.45, 7) is 6.54. The second kappa shape index (κ2) is 8.57. The molecule has 0 aliphatic carbocycles. The molecular formula is C21H28FNO5. The van der Waals surface area contributed by atoms with Gasteiger partial charge in [-0.1, -0.05) is 0 Å². The minimum absolute atomic E-state index is 0.0860. The third-order valence-electron chi connectivity index (χ3n) is 4.85. The van der Waals surface area contributed by atoms with Crippen LogP contribution in [0, 0.1) is 5.82 Å². The van der Waals surface area contributed by atoms with E-state index in [1.54, 1.807) is 20.8 Å². The molecule has 154 valence electrons. The maximum atomic E-state index is 13.8. The molecule has 1 aromatic carbocycles. The van der Waals surface area contributed by atoms with Crippen LogP contribution < -0.4 is 0 Å². The van der Waals surface area contributed by atoms with Gasteiger partial charge in [0.05, 0.1) is 6.61 Å². The predicted molar refractivity (Wildman–Crippen MR) is 100 cm³/mol. The molecule has 2 saturated heterocycles. The first kappa shape index (κ1) is 20.7. The molecule has 0 unspecified atom stereocenters. The van der Waals surface area contributed by atoms with Crippen LogP contribution in [0.3, 0.4) is 0 Å². The summed E-state index contributed by atoms with van der Waals surface area (Å²) in [4.78, 5) is 26.8. The molecule has 1 amide bonds. The molecule has 0 aromatic heterocycles. The second-order valence-electron chi connectivity index (χ2n) is 8.25. The molecule has 0 bridgehead atoms. The van der Waals surface area contributed by atoms with Crippen LogP contribution in [0.25, 0.3) is 0 Å². The molecule has 7 heteroatoms. The number of amides is 1. The van der Waals surface area contributed by atoms with Gasteiger partial charge in [0.15, 0.2) is 12.1 Å². The topological polar surface area (TPSA) is 65.1 Å².